The molecule has 2 aliphatic heterocycles. The first-order valence-corrected chi connectivity index (χ1v) is 11.8. The van der Waals surface area contributed by atoms with Crippen molar-refractivity contribution in [3.8, 4) is 0 Å². The summed E-state index contributed by atoms with van der Waals surface area (Å²) in [5, 5.41) is 10.6. The first-order chi connectivity index (χ1) is 13.1. The maximum absolute atomic E-state index is 13.0. The molecule has 7 nitrogen and oxygen atoms in total. The van der Waals surface area contributed by atoms with Gasteiger partial charge in [-0.2, -0.15) is 4.31 Å². The third kappa shape index (κ3) is 6.43. The summed E-state index contributed by atoms with van der Waals surface area (Å²) in [4.78, 5) is 16.8. The zero-order valence-electron chi connectivity index (χ0n) is 16.1. The number of rotatable bonds is 5. The topological polar surface area (TPSA) is 81.2 Å². The van der Waals surface area contributed by atoms with E-state index in [9.17, 15) is 18.3 Å². The average Bonchev–Trinajstić information content (AvgIpc) is 3.02. The molecule has 11 heteroatoms. The van der Waals surface area contributed by atoms with E-state index in [1.807, 2.05) is 0 Å². The van der Waals surface area contributed by atoms with Crippen molar-refractivity contribution >= 4 is 51.5 Å². The number of β-amino-alcohol motifs (C(OH)–C–C–N with tert-alkyl or cyclic N) is 1. The molecule has 0 aliphatic carbocycles. The number of nitrogens with zero attached hydrogens (tertiary/aromatic N) is 3. The number of benzene rings is 1. The number of carbonyl (C=O) groups is 1. The first kappa shape index (κ1) is 24.7. The van der Waals surface area contributed by atoms with Gasteiger partial charge in [-0.25, -0.2) is 8.42 Å². The average molecular weight is 487 g/mol. The normalized spacial score (nSPS) is 23.8. The van der Waals surface area contributed by atoms with Crippen LogP contribution in [0.3, 0.4) is 0 Å². The van der Waals surface area contributed by atoms with Gasteiger partial charge in [0.2, 0.25) is 15.9 Å². The third-order valence-corrected chi connectivity index (χ3v) is 7.30. The molecule has 1 amide bonds. The second-order valence-electron chi connectivity index (χ2n) is 7.49. The lowest BCUT2D eigenvalue weighted by atomic mass is 10.1. The highest BCUT2D eigenvalue weighted by molar-refractivity contribution is 7.88. The number of aliphatic hydroxyl groups excluding tert-OH is 1. The molecule has 1 aromatic rings. The second-order valence-corrected chi connectivity index (χ2v) is 10.3. The van der Waals surface area contributed by atoms with E-state index in [4.69, 9.17) is 23.2 Å². The van der Waals surface area contributed by atoms with E-state index in [0.717, 1.165) is 12.1 Å². The van der Waals surface area contributed by atoms with Gasteiger partial charge in [0.25, 0.3) is 0 Å². The maximum atomic E-state index is 13.0. The van der Waals surface area contributed by atoms with Crippen molar-refractivity contribution in [3.05, 3.63) is 33.8 Å². The highest BCUT2D eigenvalue weighted by Crippen LogP contribution is 2.24. The predicted molar refractivity (Wildman–Crippen MR) is 116 cm³/mol. The van der Waals surface area contributed by atoms with E-state index < -0.39 is 10.0 Å². The van der Waals surface area contributed by atoms with E-state index in [1.54, 1.807) is 23.1 Å². The smallest absolute Gasteiger partial charge is 0.227 e. The SMILES string of the molecule is CS(=O)(=O)N1CCN(C(=O)Cc2ccc(Cl)c(Cl)c2)[C@H](CN2CC[C@H](O)C2)C1.Cl. The van der Waals surface area contributed by atoms with Crippen molar-refractivity contribution < 1.29 is 18.3 Å². The summed E-state index contributed by atoms with van der Waals surface area (Å²) in [6.45, 7) is 2.71. The number of halogens is 3. The lowest BCUT2D eigenvalue weighted by molar-refractivity contribution is -0.135. The van der Waals surface area contributed by atoms with Crippen LogP contribution in [0.2, 0.25) is 10.0 Å². The van der Waals surface area contributed by atoms with Gasteiger partial charge in [0.05, 0.1) is 34.9 Å². The van der Waals surface area contributed by atoms with Crippen LogP contribution in [-0.2, 0) is 21.2 Å². The summed E-state index contributed by atoms with van der Waals surface area (Å²) in [6, 6.07) is 4.85. The number of likely N-dealkylation sites (tertiary alicyclic amines) is 1. The lowest BCUT2D eigenvalue weighted by Gasteiger charge is -2.42. The molecule has 0 saturated carbocycles. The van der Waals surface area contributed by atoms with Crippen LogP contribution in [0.1, 0.15) is 12.0 Å². The summed E-state index contributed by atoms with van der Waals surface area (Å²) in [5.74, 6) is -0.0729. The molecule has 1 aromatic carbocycles. The van der Waals surface area contributed by atoms with Crippen LogP contribution >= 0.6 is 35.6 Å². The summed E-state index contributed by atoms with van der Waals surface area (Å²) in [5.41, 5.74) is 0.764. The molecule has 2 aliphatic rings. The van der Waals surface area contributed by atoms with Gasteiger partial charge in [0.1, 0.15) is 0 Å². The number of hydrogen-bond donors (Lipinski definition) is 1. The van der Waals surface area contributed by atoms with E-state index >= 15 is 0 Å². The highest BCUT2D eigenvalue weighted by atomic mass is 35.5. The van der Waals surface area contributed by atoms with Crippen molar-refractivity contribution in [2.75, 3.05) is 45.5 Å². The summed E-state index contributed by atoms with van der Waals surface area (Å²) in [7, 11) is -3.33. The summed E-state index contributed by atoms with van der Waals surface area (Å²) in [6.07, 6.45) is 1.70. The molecule has 0 radical (unpaired) electrons. The predicted octanol–water partition coefficient (Wildman–Crippen LogP) is 1.50. The van der Waals surface area contributed by atoms with Crippen molar-refractivity contribution in [1.29, 1.82) is 0 Å². The monoisotopic (exact) mass is 485 g/mol. The minimum absolute atomic E-state index is 0. The molecule has 29 heavy (non-hydrogen) atoms. The standard InChI is InChI=1S/C18H25Cl2N3O4S.ClH/c1-28(26,27)22-6-7-23(14(11-22)10-21-5-4-15(24)12-21)18(25)9-13-2-3-16(19)17(20)8-13;/h2-3,8,14-15,24H,4-7,9-12H2,1H3;1H/t14-,15+;/m1./s1. The zero-order chi connectivity index (χ0) is 20.5. The molecule has 1 N–H and O–H groups in total. The van der Waals surface area contributed by atoms with Gasteiger partial charge in [-0.15, -0.1) is 12.4 Å². The fourth-order valence-corrected chi connectivity index (χ4v) is 4.99. The first-order valence-electron chi connectivity index (χ1n) is 9.22. The second kappa shape index (κ2) is 10.1. The Bertz CT molecular complexity index is 840. The fourth-order valence-electron chi connectivity index (χ4n) is 3.81. The molecule has 2 heterocycles. The van der Waals surface area contributed by atoms with Crippen LogP contribution in [0, 0.1) is 0 Å². The Morgan fingerprint density at radius 1 is 1.17 bits per heavy atom. The zero-order valence-corrected chi connectivity index (χ0v) is 19.3. The van der Waals surface area contributed by atoms with Crippen molar-refractivity contribution in [1.82, 2.24) is 14.1 Å². The van der Waals surface area contributed by atoms with Gasteiger partial charge in [-0.05, 0) is 24.1 Å². The minimum Gasteiger partial charge on any atom is -0.392 e. The number of aliphatic hydroxyl groups is 1. The van der Waals surface area contributed by atoms with Crippen LogP contribution in [0.25, 0.3) is 0 Å². The molecule has 2 atom stereocenters. The number of piperazine rings is 1. The Hall–Kier alpha value is -0.610. The number of hydrogen-bond acceptors (Lipinski definition) is 5. The van der Waals surface area contributed by atoms with Crippen molar-refractivity contribution in [2.45, 2.75) is 25.0 Å². The van der Waals surface area contributed by atoms with Gasteiger partial charge < -0.3 is 10.0 Å². The molecule has 0 aromatic heterocycles. The van der Waals surface area contributed by atoms with Gasteiger partial charge in [-0.1, -0.05) is 29.3 Å². The Kier molecular flexibility index (Phi) is 8.61. The fraction of sp³-hybridized carbons (Fsp3) is 0.611. The molecule has 2 fully saturated rings. The molecular formula is C18H26Cl3N3O4S. The minimum atomic E-state index is -3.33. The largest absolute Gasteiger partial charge is 0.392 e. The Morgan fingerprint density at radius 3 is 2.48 bits per heavy atom. The Morgan fingerprint density at radius 2 is 1.90 bits per heavy atom. The quantitative estimate of drug-likeness (QED) is 0.682. The van der Waals surface area contributed by atoms with E-state index in [2.05, 4.69) is 4.90 Å². The van der Waals surface area contributed by atoms with Crippen molar-refractivity contribution in [2.24, 2.45) is 0 Å². The molecule has 0 bridgehead atoms. The number of carbonyl (C=O) groups excluding carboxylic acids is 1. The molecule has 2 saturated heterocycles. The number of sulfonamides is 1. The van der Waals surface area contributed by atoms with E-state index in [1.165, 1.54) is 10.6 Å². The Labute approximate surface area is 188 Å². The summed E-state index contributed by atoms with van der Waals surface area (Å²) >= 11 is 12.0. The van der Waals surface area contributed by atoms with E-state index in [0.29, 0.717) is 36.1 Å². The molecule has 164 valence electrons. The van der Waals surface area contributed by atoms with Crippen LogP contribution in [0.15, 0.2) is 18.2 Å². The van der Waals surface area contributed by atoms with Crippen LogP contribution in [0.4, 0.5) is 0 Å². The maximum Gasteiger partial charge on any atom is 0.227 e. The number of amides is 1. The highest BCUT2D eigenvalue weighted by Gasteiger charge is 2.36. The van der Waals surface area contributed by atoms with Crippen LogP contribution in [-0.4, -0.2) is 91.2 Å². The molecule has 3 rings (SSSR count). The Balaban J connectivity index is 0.00000300. The van der Waals surface area contributed by atoms with Gasteiger partial charge in [-0.3, -0.25) is 9.69 Å². The van der Waals surface area contributed by atoms with Crippen LogP contribution in [0.5, 0.6) is 0 Å². The molecule has 0 unspecified atom stereocenters. The van der Waals surface area contributed by atoms with Gasteiger partial charge in [0, 0.05) is 39.3 Å². The van der Waals surface area contributed by atoms with Gasteiger partial charge in [0.15, 0.2) is 0 Å². The lowest BCUT2D eigenvalue weighted by Crippen LogP contribution is -2.59. The van der Waals surface area contributed by atoms with Crippen LogP contribution < -0.4 is 0 Å². The molecule has 0 spiro atoms. The van der Waals surface area contributed by atoms with Crippen molar-refractivity contribution in [3.63, 3.8) is 0 Å². The van der Waals surface area contributed by atoms with E-state index in [-0.39, 0.29) is 50.0 Å². The van der Waals surface area contributed by atoms with Gasteiger partial charge >= 0.3 is 0 Å². The molecular weight excluding hydrogens is 461 g/mol. The third-order valence-electron chi connectivity index (χ3n) is 5.29. The summed E-state index contributed by atoms with van der Waals surface area (Å²) < 4.78 is 25.4.